The smallest absolute Gasteiger partial charge is 0.340 e. The van der Waals surface area contributed by atoms with Crippen LogP contribution in [0.2, 0.25) is 5.02 Å². The maximum Gasteiger partial charge on any atom is 0.340 e. The van der Waals surface area contributed by atoms with Crippen molar-refractivity contribution in [3.63, 3.8) is 0 Å². The molecule has 2 unspecified atom stereocenters. The maximum atomic E-state index is 12.0. The molecule has 6 heteroatoms. The molecular formula is C15H20ClN3O2. The number of anilines is 2. The quantitative estimate of drug-likeness (QED) is 0.663. The molecular weight excluding hydrogens is 290 g/mol. The van der Waals surface area contributed by atoms with Crippen molar-refractivity contribution in [3.05, 3.63) is 22.7 Å². The van der Waals surface area contributed by atoms with E-state index in [1.165, 1.54) is 26.5 Å². The van der Waals surface area contributed by atoms with Crippen LogP contribution >= 0.6 is 11.6 Å². The predicted octanol–water partition coefficient (Wildman–Crippen LogP) is 2.36. The summed E-state index contributed by atoms with van der Waals surface area (Å²) in [6, 6.07) is 4.13. The Morgan fingerprint density at radius 2 is 2.24 bits per heavy atom. The highest BCUT2D eigenvalue weighted by Gasteiger charge is 2.37. The third kappa shape index (κ3) is 2.68. The van der Waals surface area contributed by atoms with Crippen LogP contribution in [0.1, 0.15) is 29.6 Å². The van der Waals surface area contributed by atoms with E-state index < -0.39 is 5.97 Å². The summed E-state index contributed by atoms with van der Waals surface area (Å²) in [5.41, 5.74) is 7.28. The molecule has 0 bridgehead atoms. The molecule has 2 saturated heterocycles. The standard InChI is InChI=1S/C15H20ClN3O2/c1-21-15(20)10-7-9(17)8-11(16)14(10)18-12-4-6-19-5-2-3-13(12)19/h7-8,12-13,18H,2-6,17H2,1H3. The normalized spacial score (nSPS) is 24.9. The van der Waals surface area contributed by atoms with Crippen LogP contribution in [-0.4, -0.2) is 43.2 Å². The molecule has 0 aliphatic carbocycles. The van der Waals surface area contributed by atoms with Gasteiger partial charge in [-0.2, -0.15) is 0 Å². The second-order valence-electron chi connectivity index (χ2n) is 5.70. The van der Waals surface area contributed by atoms with Crippen LogP contribution in [0.25, 0.3) is 0 Å². The molecule has 2 aliphatic heterocycles. The average molecular weight is 310 g/mol. The van der Waals surface area contributed by atoms with Crippen molar-refractivity contribution in [2.24, 2.45) is 0 Å². The van der Waals surface area contributed by atoms with E-state index in [0.717, 1.165) is 13.0 Å². The van der Waals surface area contributed by atoms with E-state index in [1.54, 1.807) is 12.1 Å². The first-order valence-corrected chi connectivity index (χ1v) is 7.66. The lowest BCUT2D eigenvalue weighted by atomic mass is 10.0. The summed E-state index contributed by atoms with van der Waals surface area (Å²) in [4.78, 5) is 14.5. The van der Waals surface area contributed by atoms with Crippen molar-refractivity contribution in [3.8, 4) is 0 Å². The number of hydrogen-bond donors (Lipinski definition) is 2. The molecule has 0 aromatic heterocycles. The van der Waals surface area contributed by atoms with Crippen LogP contribution in [0.3, 0.4) is 0 Å². The Morgan fingerprint density at radius 1 is 1.43 bits per heavy atom. The average Bonchev–Trinajstić information content (AvgIpc) is 3.05. The highest BCUT2D eigenvalue weighted by atomic mass is 35.5. The number of nitrogens with two attached hydrogens (primary N) is 1. The zero-order valence-corrected chi connectivity index (χ0v) is 12.8. The second-order valence-corrected chi connectivity index (χ2v) is 6.11. The third-order valence-electron chi connectivity index (χ3n) is 4.45. The highest BCUT2D eigenvalue weighted by molar-refractivity contribution is 6.34. The number of esters is 1. The fourth-order valence-corrected chi connectivity index (χ4v) is 3.76. The molecule has 114 valence electrons. The topological polar surface area (TPSA) is 67.6 Å². The minimum absolute atomic E-state index is 0.317. The summed E-state index contributed by atoms with van der Waals surface area (Å²) in [7, 11) is 1.36. The molecule has 1 aromatic carbocycles. The number of carbonyl (C=O) groups excluding carboxylic acids is 1. The summed E-state index contributed by atoms with van der Waals surface area (Å²) in [6.45, 7) is 2.27. The van der Waals surface area contributed by atoms with Crippen LogP contribution in [0.15, 0.2) is 12.1 Å². The van der Waals surface area contributed by atoms with E-state index in [0.29, 0.717) is 34.0 Å². The molecule has 3 N–H and O–H groups in total. The number of rotatable bonds is 3. The summed E-state index contributed by atoms with van der Waals surface area (Å²) in [6.07, 6.45) is 3.49. The number of carbonyl (C=O) groups is 1. The van der Waals surface area contributed by atoms with Gasteiger partial charge in [-0.25, -0.2) is 4.79 Å². The molecule has 2 fully saturated rings. The Hall–Kier alpha value is -1.46. The van der Waals surface area contributed by atoms with E-state index in [1.807, 2.05) is 0 Å². The Kier molecular flexibility index (Phi) is 3.95. The van der Waals surface area contributed by atoms with Gasteiger partial charge >= 0.3 is 5.97 Å². The molecule has 1 aromatic rings. The Balaban J connectivity index is 1.89. The third-order valence-corrected chi connectivity index (χ3v) is 4.75. The van der Waals surface area contributed by atoms with Crippen LogP contribution in [0.4, 0.5) is 11.4 Å². The first kappa shape index (κ1) is 14.5. The number of hydrogen-bond acceptors (Lipinski definition) is 5. The van der Waals surface area contributed by atoms with Crippen LogP contribution in [0.5, 0.6) is 0 Å². The highest BCUT2D eigenvalue weighted by Crippen LogP contribution is 2.35. The molecule has 2 aliphatic rings. The van der Waals surface area contributed by atoms with Crippen molar-refractivity contribution < 1.29 is 9.53 Å². The van der Waals surface area contributed by atoms with Crippen LogP contribution in [0, 0.1) is 0 Å². The summed E-state index contributed by atoms with van der Waals surface area (Å²) >= 11 is 6.29. The number of nitrogens with one attached hydrogen (secondary N) is 1. The maximum absolute atomic E-state index is 12.0. The van der Waals surface area contributed by atoms with Crippen molar-refractivity contribution in [2.45, 2.75) is 31.3 Å². The molecule has 0 spiro atoms. The van der Waals surface area contributed by atoms with Gasteiger partial charge in [-0.3, -0.25) is 4.90 Å². The lowest BCUT2D eigenvalue weighted by molar-refractivity contribution is 0.0602. The van der Waals surface area contributed by atoms with Gasteiger partial charge in [0.05, 0.1) is 23.4 Å². The van der Waals surface area contributed by atoms with Gasteiger partial charge in [-0.05, 0) is 37.9 Å². The minimum atomic E-state index is -0.423. The van der Waals surface area contributed by atoms with Crippen LogP contribution < -0.4 is 11.1 Å². The Bertz CT molecular complexity index is 564. The zero-order chi connectivity index (χ0) is 15.0. The zero-order valence-electron chi connectivity index (χ0n) is 12.1. The monoisotopic (exact) mass is 309 g/mol. The van der Waals surface area contributed by atoms with Gasteiger partial charge in [0.15, 0.2) is 0 Å². The van der Waals surface area contributed by atoms with Gasteiger partial charge in [-0.1, -0.05) is 11.6 Å². The lowest BCUT2D eigenvalue weighted by Gasteiger charge is -2.24. The molecule has 3 rings (SSSR count). The number of methoxy groups -OCH3 is 1. The fraction of sp³-hybridized carbons (Fsp3) is 0.533. The molecule has 21 heavy (non-hydrogen) atoms. The first-order chi connectivity index (χ1) is 10.1. The van der Waals surface area contributed by atoms with Gasteiger partial charge in [0, 0.05) is 24.3 Å². The van der Waals surface area contributed by atoms with Crippen molar-refractivity contribution >= 4 is 28.9 Å². The van der Waals surface area contributed by atoms with Crippen molar-refractivity contribution in [1.29, 1.82) is 0 Å². The number of fused-ring (bicyclic) bond motifs is 1. The van der Waals surface area contributed by atoms with Gasteiger partial charge < -0.3 is 15.8 Å². The summed E-state index contributed by atoms with van der Waals surface area (Å²) in [5.74, 6) is -0.423. The number of benzene rings is 1. The molecule has 5 nitrogen and oxygen atoms in total. The Morgan fingerprint density at radius 3 is 3.00 bits per heavy atom. The van der Waals surface area contributed by atoms with E-state index in [-0.39, 0.29) is 0 Å². The van der Waals surface area contributed by atoms with E-state index in [9.17, 15) is 4.79 Å². The van der Waals surface area contributed by atoms with E-state index in [4.69, 9.17) is 22.1 Å². The molecule has 0 radical (unpaired) electrons. The SMILES string of the molecule is COC(=O)c1cc(N)cc(Cl)c1NC1CCN2CCCC12. The first-order valence-electron chi connectivity index (χ1n) is 7.28. The molecule has 2 heterocycles. The predicted molar refractivity (Wildman–Crippen MR) is 83.8 cm³/mol. The number of nitrogens with zero attached hydrogens (tertiary/aromatic N) is 1. The molecule has 2 atom stereocenters. The van der Waals surface area contributed by atoms with Gasteiger partial charge in [-0.15, -0.1) is 0 Å². The number of halogens is 1. The summed E-state index contributed by atoms with van der Waals surface area (Å²) < 4.78 is 4.83. The van der Waals surface area contributed by atoms with Crippen LogP contribution in [-0.2, 0) is 4.74 Å². The van der Waals surface area contributed by atoms with Crippen molar-refractivity contribution in [2.75, 3.05) is 31.2 Å². The largest absolute Gasteiger partial charge is 0.465 e. The van der Waals surface area contributed by atoms with Gasteiger partial charge in [0.25, 0.3) is 0 Å². The second kappa shape index (κ2) is 5.73. The van der Waals surface area contributed by atoms with Crippen molar-refractivity contribution in [1.82, 2.24) is 4.90 Å². The minimum Gasteiger partial charge on any atom is -0.465 e. The van der Waals surface area contributed by atoms with Gasteiger partial charge in [0.2, 0.25) is 0 Å². The fourth-order valence-electron chi connectivity index (χ4n) is 3.48. The van der Waals surface area contributed by atoms with E-state index in [2.05, 4.69) is 10.2 Å². The number of nitrogen functional groups attached to an aromatic ring is 1. The Labute approximate surface area is 129 Å². The molecule has 0 saturated carbocycles. The summed E-state index contributed by atoms with van der Waals surface area (Å²) in [5, 5.41) is 3.93. The lowest BCUT2D eigenvalue weighted by Crippen LogP contribution is -2.34. The van der Waals surface area contributed by atoms with E-state index >= 15 is 0 Å². The number of ether oxygens (including phenoxy) is 1. The molecule has 0 amide bonds. The van der Waals surface area contributed by atoms with Gasteiger partial charge in [0.1, 0.15) is 0 Å².